The number of carbonyl (C=O) groups is 1. The van der Waals surface area contributed by atoms with Gasteiger partial charge in [-0.2, -0.15) is 0 Å². The van der Waals surface area contributed by atoms with E-state index in [1.165, 1.54) is 0 Å². The second kappa shape index (κ2) is 6.03. The lowest BCUT2D eigenvalue weighted by Gasteiger charge is -2.13. The van der Waals surface area contributed by atoms with Gasteiger partial charge in [0.05, 0.1) is 5.92 Å². The van der Waals surface area contributed by atoms with Crippen molar-refractivity contribution in [1.82, 2.24) is 4.90 Å². The molecule has 0 aliphatic rings. The molecule has 1 N–H and O–H groups in total. The molecule has 0 amide bonds. The van der Waals surface area contributed by atoms with Gasteiger partial charge in [-0.05, 0) is 37.7 Å². The minimum Gasteiger partial charge on any atom is -0.481 e. The van der Waals surface area contributed by atoms with Crippen molar-refractivity contribution in [1.29, 1.82) is 0 Å². The highest BCUT2D eigenvalue weighted by Gasteiger charge is 2.12. The molecule has 1 aromatic carbocycles. The van der Waals surface area contributed by atoms with E-state index in [4.69, 9.17) is 16.7 Å². The number of benzene rings is 1. The summed E-state index contributed by atoms with van der Waals surface area (Å²) in [6.07, 6.45) is 0.511. The Morgan fingerprint density at radius 3 is 2.59 bits per heavy atom. The van der Waals surface area contributed by atoms with E-state index in [0.717, 1.165) is 17.7 Å². The lowest BCUT2D eigenvalue weighted by atomic mass is 10.00. The van der Waals surface area contributed by atoms with Crippen LogP contribution in [0.25, 0.3) is 0 Å². The molecule has 0 aliphatic carbocycles. The Morgan fingerprint density at radius 1 is 1.47 bits per heavy atom. The quantitative estimate of drug-likeness (QED) is 0.879. The molecule has 17 heavy (non-hydrogen) atoms. The summed E-state index contributed by atoms with van der Waals surface area (Å²) in [5, 5.41) is 9.55. The molecular formula is C13H18ClNO2. The molecule has 0 spiro atoms. The van der Waals surface area contributed by atoms with Gasteiger partial charge in [-0.3, -0.25) is 4.79 Å². The van der Waals surface area contributed by atoms with Gasteiger partial charge in [-0.15, -0.1) is 0 Å². The summed E-state index contributed by atoms with van der Waals surface area (Å²) < 4.78 is 0. The SMILES string of the molecule is CC(Cc1ccc(CN(C)C)c(Cl)c1)C(=O)O. The molecule has 3 nitrogen and oxygen atoms in total. The summed E-state index contributed by atoms with van der Waals surface area (Å²) in [5.41, 5.74) is 2.02. The van der Waals surface area contributed by atoms with E-state index in [1.54, 1.807) is 6.92 Å². The van der Waals surface area contributed by atoms with E-state index >= 15 is 0 Å². The van der Waals surface area contributed by atoms with Crippen molar-refractivity contribution in [2.45, 2.75) is 19.9 Å². The zero-order valence-corrected chi connectivity index (χ0v) is 11.2. The first-order chi connectivity index (χ1) is 7.90. The molecule has 0 saturated carbocycles. The zero-order chi connectivity index (χ0) is 13.0. The predicted molar refractivity (Wildman–Crippen MR) is 69.3 cm³/mol. The van der Waals surface area contributed by atoms with E-state index in [1.807, 2.05) is 37.2 Å². The van der Waals surface area contributed by atoms with Crippen LogP contribution in [0.5, 0.6) is 0 Å². The van der Waals surface area contributed by atoms with Gasteiger partial charge < -0.3 is 10.0 Å². The summed E-state index contributed by atoms with van der Waals surface area (Å²) in [4.78, 5) is 12.8. The van der Waals surface area contributed by atoms with Gasteiger partial charge in [0.15, 0.2) is 0 Å². The third-order valence-corrected chi connectivity index (χ3v) is 2.92. The number of aliphatic carboxylic acids is 1. The lowest BCUT2D eigenvalue weighted by molar-refractivity contribution is -0.141. The predicted octanol–water partition coefficient (Wildman–Crippen LogP) is 2.66. The maximum absolute atomic E-state index is 10.8. The average molecular weight is 256 g/mol. The Bertz CT molecular complexity index is 404. The van der Waals surface area contributed by atoms with Gasteiger partial charge in [0.1, 0.15) is 0 Å². The minimum atomic E-state index is -0.779. The molecule has 1 aromatic rings. The molecule has 0 aromatic heterocycles. The van der Waals surface area contributed by atoms with Crippen LogP contribution >= 0.6 is 11.6 Å². The Balaban J connectivity index is 2.78. The zero-order valence-electron chi connectivity index (χ0n) is 10.4. The summed E-state index contributed by atoms with van der Waals surface area (Å²) in [6, 6.07) is 5.77. The minimum absolute atomic E-state index is 0.384. The largest absolute Gasteiger partial charge is 0.481 e. The standard InChI is InChI=1S/C13H18ClNO2/c1-9(13(16)17)6-10-4-5-11(8-15(2)3)12(14)7-10/h4-5,7,9H,6,8H2,1-3H3,(H,16,17). The number of hydrogen-bond acceptors (Lipinski definition) is 2. The first-order valence-electron chi connectivity index (χ1n) is 5.55. The summed E-state index contributed by atoms with van der Waals surface area (Å²) in [7, 11) is 3.97. The number of nitrogens with zero attached hydrogens (tertiary/aromatic N) is 1. The molecule has 0 heterocycles. The maximum Gasteiger partial charge on any atom is 0.306 e. The summed E-state index contributed by atoms with van der Waals surface area (Å²) >= 11 is 6.16. The van der Waals surface area contributed by atoms with E-state index in [9.17, 15) is 4.79 Å². The van der Waals surface area contributed by atoms with E-state index < -0.39 is 5.97 Å². The number of hydrogen-bond donors (Lipinski definition) is 1. The van der Waals surface area contributed by atoms with Crippen molar-refractivity contribution in [3.8, 4) is 0 Å². The second-order valence-electron chi connectivity index (χ2n) is 4.61. The molecule has 4 heteroatoms. The summed E-state index contributed by atoms with van der Waals surface area (Å²) in [6.45, 7) is 2.48. The molecule has 0 fully saturated rings. The van der Waals surface area contributed by atoms with Crippen LogP contribution in [-0.4, -0.2) is 30.1 Å². The lowest BCUT2D eigenvalue weighted by Crippen LogP contribution is -2.13. The fourth-order valence-corrected chi connectivity index (χ4v) is 1.89. The molecule has 0 radical (unpaired) electrons. The highest BCUT2D eigenvalue weighted by Crippen LogP contribution is 2.20. The number of carboxylic acids is 1. The van der Waals surface area contributed by atoms with Gasteiger partial charge in [0, 0.05) is 11.6 Å². The fraction of sp³-hybridized carbons (Fsp3) is 0.462. The molecule has 1 rings (SSSR count). The van der Waals surface area contributed by atoms with Crippen LogP contribution in [0.4, 0.5) is 0 Å². The number of halogens is 1. The summed E-state index contributed by atoms with van der Waals surface area (Å²) in [5.74, 6) is -1.16. The third-order valence-electron chi connectivity index (χ3n) is 2.57. The van der Waals surface area contributed by atoms with Gasteiger partial charge >= 0.3 is 5.97 Å². The monoisotopic (exact) mass is 255 g/mol. The van der Waals surface area contributed by atoms with E-state index in [0.29, 0.717) is 11.4 Å². The average Bonchev–Trinajstić information content (AvgIpc) is 2.21. The van der Waals surface area contributed by atoms with Crippen molar-refractivity contribution in [3.05, 3.63) is 34.3 Å². The Hall–Kier alpha value is -1.06. The Morgan fingerprint density at radius 2 is 2.12 bits per heavy atom. The molecule has 0 saturated heterocycles. The van der Waals surface area contributed by atoms with Crippen molar-refractivity contribution in [2.75, 3.05) is 14.1 Å². The van der Waals surface area contributed by atoms with E-state index in [2.05, 4.69) is 0 Å². The van der Waals surface area contributed by atoms with Crippen molar-refractivity contribution < 1.29 is 9.90 Å². The number of carboxylic acid groups (broad SMARTS) is 1. The number of rotatable bonds is 5. The Labute approximate surface area is 107 Å². The van der Waals surface area contributed by atoms with Gasteiger partial charge in [0.2, 0.25) is 0 Å². The topological polar surface area (TPSA) is 40.5 Å². The first-order valence-corrected chi connectivity index (χ1v) is 5.92. The second-order valence-corrected chi connectivity index (χ2v) is 5.01. The highest BCUT2D eigenvalue weighted by atomic mass is 35.5. The highest BCUT2D eigenvalue weighted by molar-refractivity contribution is 6.31. The van der Waals surface area contributed by atoms with Crippen molar-refractivity contribution in [2.24, 2.45) is 5.92 Å². The van der Waals surface area contributed by atoms with Crippen LogP contribution in [0.15, 0.2) is 18.2 Å². The van der Waals surface area contributed by atoms with Gasteiger partial charge in [-0.25, -0.2) is 0 Å². The first kappa shape index (κ1) is 14.0. The van der Waals surface area contributed by atoms with Gasteiger partial charge in [-0.1, -0.05) is 30.7 Å². The maximum atomic E-state index is 10.8. The molecule has 0 aliphatic heterocycles. The molecule has 1 atom stereocenters. The molecular weight excluding hydrogens is 238 g/mol. The van der Waals surface area contributed by atoms with E-state index in [-0.39, 0.29) is 5.92 Å². The van der Waals surface area contributed by atoms with Crippen LogP contribution < -0.4 is 0 Å². The van der Waals surface area contributed by atoms with Crippen molar-refractivity contribution in [3.63, 3.8) is 0 Å². The van der Waals surface area contributed by atoms with Crippen molar-refractivity contribution >= 4 is 17.6 Å². The van der Waals surface area contributed by atoms with Crippen LogP contribution in [-0.2, 0) is 17.8 Å². The Kier molecular flexibility index (Phi) is 4.97. The van der Waals surface area contributed by atoms with Crippen LogP contribution in [0.2, 0.25) is 5.02 Å². The third kappa shape index (κ3) is 4.36. The molecule has 0 bridgehead atoms. The molecule has 94 valence electrons. The van der Waals surface area contributed by atoms with Gasteiger partial charge in [0.25, 0.3) is 0 Å². The van der Waals surface area contributed by atoms with Crippen LogP contribution in [0.1, 0.15) is 18.1 Å². The molecule has 1 unspecified atom stereocenters. The smallest absolute Gasteiger partial charge is 0.306 e. The normalized spacial score (nSPS) is 12.8. The van der Waals surface area contributed by atoms with Crippen LogP contribution in [0.3, 0.4) is 0 Å². The van der Waals surface area contributed by atoms with Crippen LogP contribution in [0, 0.1) is 5.92 Å². The fourth-order valence-electron chi connectivity index (χ4n) is 1.63.